The molecule has 2 heteroatoms. The summed E-state index contributed by atoms with van der Waals surface area (Å²) in [6.07, 6.45) is 0. The molecule has 2 nitrogen and oxygen atoms in total. The van der Waals surface area contributed by atoms with E-state index in [0.29, 0.717) is 5.56 Å². The van der Waals surface area contributed by atoms with Crippen molar-refractivity contribution in [3.63, 3.8) is 0 Å². The zero-order chi connectivity index (χ0) is 13.9. The molecule has 2 aromatic carbocycles. The van der Waals surface area contributed by atoms with Crippen molar-refractivity contribution < 1.29 is 0 Å². The monoisotopic (exact) mass is 250 g/mol. The molecule has 0 heterocycles. The second-order valence-corrected chi connectivity index (χ2v) is 5.58. The Morgan fingerprint density at radius 3 is 2.11 bits per heavy atom. The van der Waals surface area contributed by atoms with Crippen molar-refractivity contribution in [2.45, 2.75) is 26.2 Å². The lowest BCUT2D eigenvalue weighted by atomic mass is 9.85. The highest BCUT2D eigenvalue weighted by Crippen LogP contribution is 2.31. The summed E-state index contributed by atoms with van der Waals surface area (Å²) in [5.41, 5.74) is 3.86. The van der Waals surface area contributed by atoms with Crippen LogP contribution in [0.1, 0.15) is 31.9 Å². The van der Waals surface area contributed by atoms with E-state index in [1.54, 1.807) is 0 Å². The van der Waals surface area contributed by atoms with Crippen molar-refractivity contribution in [1.29, 1.82) is 5.26 Å². The normalized spacial score (nSPS) is 10.8. The van der Waals surface area contributed by atoms with Crippen molar-refractivity contribution >= 4 is 11.4 Å². The van der Waals surface area contributed by atoms with Gasteiger partial charge in [-0.1, -0.05) is 51.1 Å². The van der Waals surface area contributed by atoms with E-state index < -0.39 is 0 Å². The molecule has 1 N–H and O–H groups in total. The predicted octanol–water partition coefficient (Wildman–Crippen LogP) is 4.60. The Morgan fingerprint density at radius 2 is 1.47 bits per heavy atom. The molecule has 0 unspecified atom stereocenters. The second-order valence-electron chi connectivity index (χ2n) is 5.58. The highest BCUT2D eigenvalue weighted by Gasteiger charge is 2.17. The van der Waals surface area contributed by atoms with Gasteiger partial charge in [0.25, 0.3) is 0 Å². The molecule has 0 amide bonds. The predicted molar refractivity (Wildman–Crippen MR) is 79.6 cm³/mol. The first-order valence-electron chi connectivity index (χ1n) is 6.38. The van der Waals surface area contributed by atoms with Gasteiger partial charge in [-0.25, -0.2) is 0 Å². The maximum absolute atomic E-state index is 9.14. The number of rotatable bonds is 2. The molecule has 0 aromatic heterocycles. The van der Waals surface area contributed by atoms with Crippen molar-refractivity contribution in [1.82, 2.24) is 0 Å². The third-order valence-electron chi connectivity index (χ3n) is 3.05. The Balaban J connectivity index is 2.43. The van der Waals surface area contributed by atoms with Crippen LogP contribution in [0.4, 0.5) is 11.4 Å². The van der Waals surface area contributed by atoms with Crippen LogP contribution in [0.15, 0.2) is 48.5 Å². The molecular formula is C17H18N2. The largest absolute Gasteiger partial charge is 0.354 e. The highest BCUT2D eigenvalue weighted by molar-refractivity contribution is 5.69. The second kappa shape index (κ2) is 5.16. The highest BCUT2D eigenvalue weighted by atomic mass is 14.9. The van der Waals surface area contributed by atoms with E-state index in [2.05, 4.69) is 44.3 Å². The van der Waals surface area contributed by atoms with Crippen molar-refractivity contribution in [2.24, 2.45) is 0 Å². The number of nitrogens with one attached hydrogen (secondary N) is 1. The average Bonchev–Trinajstić information content (AvgIpc) is 2.39. The van der Waals surface area contributed by atoms with Gasteiger partial charge in [-0.3, -0.25) is 0 Å². The molecule has 0 atom stereocenters. The number of hydrogen-bond acceptors (Lipinski definition) is 2. The summed E-state index contributed by atoms with van der Waals surface area (Å²) >= 11 is 0. The Labute approximate surface area is 114 Å². The Hall–Kier alpha value is -2.27. The van der Waals surface area contributed by atoms with Crippen molar-refractivity contribution in [2.75, 3.05) is 5.32 Å². The van der Waals surface area contributed by atoms with Gasteiger partial charge >= 0.3 is 0 Å². The van der Waals surface area contributed by atoms with Gasteiger partial charge in [0.2, 0.25) is 0 Å². The molecular weight excluding hydrogens is 232 g/mol. The SMILES string of the molecule is CC(C)(C)c1ccccc1Nc1ccccc1C#N. The molecule has 0 saturated heterocycles. The summed E-state index contributed by atoms with van der Waals surface area (Å²) in [5, 5.41) is 12.5. The first-order valence-corrected chi connectivity index (χ1v) is 6.38. The quantitative estimate of drug-likeness (QED) is 0.845. The fourth-order valence-corrected chi connectivity index (χ4v) is 2.08. The zero-order valence-corrected chi connectivity index (χ0v) is 11.6. The topological polar surface area (TPSA) is 35.8 Å². The molecule has 2 aromatic rings. The minimum Gasteiger partial charge on any atom is -0.354 e. The van der Waals surface area contributed by atoms with Crippen LogP contribution in [0.2, 0.25) is 0 Å². The lowest BCUT2D eigenvalue weighted by molar-refractivity contribution is 0.592. The van der Waals surface area contributed by atoms with Crippen LogP contribution in [0, 0.1) is 11.3 Å². The van der Waals surface area contributed by atoms with Crippen LogP contribution >= 0.6 is 0 Å². The van der Waals surface area contributed by atoms with Crippen LogP contribution in [-0.4, -0.2) is 0 Å². The lowest BCUT2D eigenvalue weighted by Gasteiger charge is -2.23. The lowest BCUT2D eigenvalue weighted by Crippen LogP contribution is -2.13. The average molecular weight is 250 g/mol. The Kier molecular flexibility index (Phi) is 3.57. The Bertz CT molecular complexity index is 616. The first-order chi connectivity index (χ1) is 9.02. The van der Waals surface area contributed by atoms with Gasteiger partial charge in [0, 0.05) is 5.69 Å². The van der Waals surface area contributed by atoms with E-state index >= 15 is 0 Å². The first kappa shape index (κ1) is 13.2. The molecule has 0 aliphatic rings. The fourth-order valence-electron chi connectivity index (χ4n) is 2.08. The van der Waals surface area contributed by atoms with Gasteiger partial charge in [0.15, 0.2) is 0 Å². The molecule has 19 heavy (non-hydrogen) atoms. The molecule has 96 valence electrons. The van der Waals surface area contributed by atoms with Gasteiger partial charge in [0.05, 0.1) is 11.3 Å². The molecule has 0 radical (unpaired) electrons. The van der Waals surface area contributed by atoms with Gasteiger partial charge in [0.1, 0.15) is 6.07 Å². The number of para-hydroxylation sites is 2. The van der Waals surface area contributed by atoms with E-state index in [1.807, 2.05) is 36.4 Å². The van der Waals surface area contributed by atoms with E-state index in [0.717, 1.165) is 11.4 Å². The van der Waals surface area contributed by atoms with Gasteiger partial charge in [-0.2, -0.15) is 5.26 Å². The Morgan fingerprint density at radius 1 is 0.895 bits per heavy atom. The van der Waals surface area contributed by atoms with E-state index in [9.17, 15) is 0 Å². The van der Waals surface area contributed by atoms with E-state index in [1.165, 1.54) is 5.56 Å². The van der Waals surface area contributed by atoms with Crippen LogP contribution in [0.3, 0.4) is 0 Å². The minimum atomic E-state index is 0.0607. The smallest absolute Gasteiger partial charge is 0.101 e. The minimum absolute atomic E-state index is 0.0607. The summed E-state index contributed by atoms with van der Waals surface area (Å²) in [4.78, 5) is 0. The molecule has 0 aliphatic carbocycles. The van der Waals surface area contributed by atoms with Crippen LogP contribution in [0.5, 0.6) is 0 Å². The summed E-state index contributed by atoms with van der Waals surface area (Å²) in [6.45, 7) is 6.55. The summed E-state index contributed by atoms with van der Waals surface area (Å²) in [5.74, 6) is 0. The van der Waals surface area contributed by atoms with E-state index in [-0.39, 0.29) is 5.41 Å². The van der Waals surface area contributed by atoms with Crippen molar-refractivity contribution in [3.8, 4) is 6.07 Å². The standard InChI is InChI=1S/C17H18N2/c1-17(2,3)14-9-5-7-11-16(14)19-15-10-6-4-8-13(15)12-18/h4-11,19H,1-3H3. The molecule has 0 spiro atoms. The summed E-state index contributed by atoms with van der Waals surface area (Å²) in [6, 6.07) is 18.0. The van der Waals surface area contributed by atoms with Gasteiger partial charge < -0.3 is 5.32 Å². The molecule has 2 rings (SSSR count). The number of benzene rings is 2. The van der Waals surface area contributed by atoms with Crippen molar-refractivity contribution in [3.05, 3.63) is 59.7 Å². The van der Waals surface area contributed by atoms with Crippen LogP contribution < -0.4 is 5.32 Å². The van der Waals surface area contributed by atoms with Gasteiger partial charge in [-0.15, -0.1) is 0 Å². The van der Waals surface area contributed by atoms with Crippen LogP contribution in [-0.2, 0) is 5.41 Å². The third kappa shape index (κ3) is 2.95. The number of anilines is 2. The molecule has 0 fully saturated rings. The molecule has 0 aliphatic heterocycles. The maximum atomic E-state index is 9.14. The zero-order valence-electron chi connectivity index (χ0n) is 11.6. The van der Waals surface area contributed by atoms with Crippen LogP contribution in [0.25, 0.3) is 0 Å². The third-order valence-corrected chi connectivity index (χ3v) is 3.05. The summed E-state index contributed by atoms with van der Waals surface area (Å²) < 4.78 is 0. The van der Waals surface area contributed by atoms with Gasteiger partial charge in [-0.05, 0) is 29.2 Å². The molecule has 0 saturated carbocycles. The van der Waals surface area contributed by atoms with E-state index in [4.69, 9.17) is 5.26 Å². The fraction of sp³-hybridized carbons (Fsp3) is 0.235. The maximum Gasteiger partial charge on any atom is 0.101 e. The number of nitriles is 1. The number of nitrogens with zero attached hydrogens (tertiary/aromatic N) is 1. The molecule has 0 bridgehead atoms. The number of hydrogen-bond donors (Lipinski definition) is 1. The summed E-state index contributed by atoms with van der Waals surface area (Å²) in [7, 11) is 0.